The van der Waals surface area contributed by atoms with E-state index >= 15 is 0 Å². The Balaban J connectivity index is 2.25. The first kappa shape index (κ1) is 16.8. The third-order valence-electron chi connectivity index (χ3n) is 4.20. The van der Waals surface area contributed by atoms with E-state index in [1.165, 1.54) is 22.0 Å². The zero-order valence-corrected chi connectivity index (χ0v) is 16.5. The van der Waals surface area contributed by atoms with Crippen LogP contribution in [0.2, 0.25) is 13.1 Å². The molecule has 126 valence electrons. The molecule has 0 amide bonds. The van der Waals surface area contributed by atoms with Crippen LogP contribution in [0.4, 0.5) is 0 Å². The minimum absolute atomic E-state index is 0.0418. The van der Waals surface area contributed by atoms with Crippen LogP contribution < -0.4 is 4.43 Å². The zero-order valence-electron chi connectivity index (χ0n) is 15.3. The summed E-state index contributed by atoms with van der Waals surface area (Å²) in [6.45, 7) is 12.1. The first-order chi connectivity index (χ1) is 11.4. The average Bonchev–Trinajstić information content (AvgIpc) is 2.81. The van der Waals surface area contributed by atoms with Gasteiger partial charge in [-0.1, -0.05) is 69.3 Å². The number of hydrogen-bond acceptors (Lipinski definition) is 1. The molecule has 3 aromatic rings. The van der Waals surface area contributed by atoms with Crippen LogP contribution in [0.3, 0.4) is 0 Å². The monoisotopic (exact) mass is 337 g/mol. The first-order valence-electron chi connectivity index (χ1n) is 8.70. The maximum atomic E-state index is 6.46. The van der Waals surface area contributed by atoms with Gasteiger partial charge in [0.25, 0.3) is 0 Å². The normalized spacial score (nSPS) is 12.1. The summed E-state index contributed by atoms with van der Waals surface area (Å²) in [5.41, 5.74) is 3.93. The molecular formula is C21H27NOSi. The molecule has 0 saturated carbocycles. The topological polar surface area (TPSA) is 14.2 Å². The van der Waals surface area contributed by atoms with E-state index in [0.717, 1.165) is 12.4 Å². The summed E-state index contributed by atoms with van der Waals surface area (Å²) >= 11 is 0. The Labute approximate surface area is 146 Å². The molecule has 0 N–H and O–H groups in total. The van der Waals surface area contributed by atoms with Gasteiger partial charge < -0.3 is 8.99 Å². The van der Waals surface area contributed by atoms with Crippen LogP contribution in [-0.4, -0.2) is 13.6 Å². The molecule has 0 aliphatic heterocycles. The van der Waals surface area contributed by atoms with E-state index in [9.17, 15) is 0 Å². The maximum Gasteiger partial charge on any atom is 0.231 e. The summed E-state index contributed by atoms with van der Waals surface area (Å²) in [6.07, 6.45) is 0. The van der Waals surface area contributed by atoms with Crippen molar-refractivity contribution in [3.8, 4) is 5.88 Å². The van der Waals surface area contributed by atoms with Crippen LogP contribution in [-0.2, 0) is 12.0 Å². The number of aromatic nitrogens is 1. The summed E-state index contributed by atoms with van der Waals surface area (Å²) in [6, 6.07) is 19.3. The van der Waals surface area contributed by atoms with E-state index in [-0.39, 0.29) is 5.41 Å². The Bertz CT molecular complexity index is 828. The molecule has 0 fully saturated rings. The number of nitrogens with zero attached hydrogens (tertiary/aromatic N) is 1. The number of fused-ring (bicyclic) bond motifs is 1. The number of para-hydroxylation sites is 1. The molecule has 24 heavy (non-hydrogen) atoms. The average molecular weight is 338 g/mol. The van der Waals surface area contributed by atoms with Crippen molar-refractivity contribution >= 4 is 19.9 Å². The number of rotatable bonds is 4. The Morgan fingerprint density at radius 1 is 0.917 bits per heavy atom. The Hall–Kier alpha value is -2.00. The highest BCUT2D eigenvalue weighted by molar-refractivity contribution is 6.49. The van der Waals surface area contributed by atoms with Crippen LogP contribution in [0.1, 0.15) is 31.9 Å². The van der Waals surface area contributed by atoms with Gasteiger partial charge in [-0.05, 0) is 30.1 Å². The molecule has 2 aromatic carbocycles. The van der Waals surface area contributed by atoms with E-state index in [4.69, 9.17) is 4.43 Å². The van der Waals surface area contributed by atoms with E-state index in [1.54, 1.807) is 0 Å². The molecule has 0 saturated heterocycles. The first-order valence-corrected chi connectivity index (χ1v) is 11.5. The largest absolute Gasteiger partial charge is 0.535 e. The van der Waals surface area contributed by atoms with E-state index < -0.39 is 9.04 Å². The molecule has 0 atom stereocenters. The number of benzene rings is 2. The molecule has 1 heterocycles. The third kappa shape index (κ3) is 3.27. The Morgan fingerprint density at radius 3 is 2.17 bits per heavy atom. The summed E-state index contributed by atoms with van der Waals surface area (Å²) < 4.78 is 8.82. The zero-order chi connectivity index (χ0) is 17.3. The van der Waals surface area contributed by atoms with Crippen molar-refractivity contribution in [3.63, 3.8) is 0 Å². The van der Waals surface area contributed by atoms with Gasteiger partial charge in [0.15, 0.2) is 5.88 Å². The van der Waals surface area contributed by atoms with Gasteiger partial charge in [0.1, 0.15) is 0 Å². The Kier molecular flexibility index (Phi) is 4.55. The standard InChI is InChI=1S/C21H27NOSi/c1-21(2,3)19-17-13-9-10-14-18(17)22(20(19)23-24(4)5)15-16-11-7-6-8-12-16/h6-14,24H,15H2,1-5H3. The molecular weight excluding hydrogens is 310 g/mol. The summed E-state index contributed by atoms with van der Waals surface area (Å²) in [5, 5.41) is 1.31. The van der Waals surface area contributed by atoms with Gasteiger partial charge in [0.2, 0.25) is 9.04 Å². The van der Waals surface area contributed by atoms with Gasteiger partial charge in [-0.3, -0.25) is 0 Å². The predicted molar refractivity (Wildman–Crippen MR) is 106 cm³/mol. The lowest BCUT2D eigenvalue weighted by Crippen LogP contribution is -2.19. The molecule has 0 bridgehead atoms. The van der Waals surface area contributed by atoms with Crippen molar-refractivity contribution in [2.45, 2.75) is 45.8 Å². The predicted octanol–water partition coefficient (Wildman–Crippen LogP) is 5.35. The molecule has 0 aliphatic carbocycles. The molecule has 0 unspecified atom stereocenters. The van der Waals surface area contributed by atoms with Crippen LogP contribution in [0.15, 0.2) is 54.6 Å². The highest BCUT2D eigenvalue weighted by Crippen LogP contribution is 2.41. The summed E-state index contributed by atoms with van der Waals surface area (Å²) in [5.74, 6) is 1.06. The van der Waals surface area contributed by atoms with Crippen molar-refractivity contribution in [3.05, 3.63) is 65.7 Å². The lowest BCUT2D eigenvalue weighted by atomic mass is 9.86. The second kappa shape index (κ2) is 6.48. The molecule has 0 spiro atoms. The van der Waals surface area contributed by atoms with Crippen molar-refractivity contribution in [1.82, 2.24) is 4.57 Å². The fourth-order valence-corrected chi connectivity index (χ4v) is 3.97. The molecule has 3 heteroatoms. The highest BCUT2D eigenvalue weighted by Gasteiger charge is 2.28. The van der Waals surface area contributed by atoms with Gasteiger partial charge in [0.05, 0.1) is 12.1 Å². The van der Waals surface area contributed by atoms with Gasteiger partial charge >= 0.3 is 0 Å². The fraction of sp³-hybridized carbons (Fsp3) is 0.333. The van der Waals surface area contributed by atoms with Gasteiger partial charge in [0, 0.05) is 10.9 Å². The van der Waals surface area contributed by atoms with Crippen molar-refractivity contribution in [2.75, 3.05) is 0 Å². The van der Waals surface area contributed by atoms with E-state index in [0.29, 0.717) is 0 Å². The summed E-state index contributed by atoms with van der Waals surface area (Å²) in [7, 11) is -1.21. The van der Waals surface area contributed by atoms with Crippen molar-refractivity contribution in [2.24, 2.45) is 0 Å². The van der Waals surface area contributed by atoms with Crippen molar-refractivity contribution < 1.29 is 4.43 Å². The van der Waals surface area contributed by atoms with Crippen LogP contribution >= 0.6 is 0 Å². The van der Waals surface area contributed by atoms with E-state index in [1.807, 2.05) is 0 Å². The maximum absolute atomic E-state index is 6.46. The van der Waals surface area contributed by atoms with Gasteiger partial charge in [-0.15, -0.1) is 0 Å². The van der Waals surface area contributed by atoms with Gasteiger partial charge in [-0.25, -0.2) is 0 Å². The smallest absolute Gasteiger partial charge is 0.231 e. The summed E-state index contributed by atoms with van der Waals surface area (Å²) in [4.78, 5) is 0. The molecule has 0 aliphatic rings. The lowest BCUT2D eigenvalue weighted by molar-refractivity contribution is 0.484. The highest BCUT2D eigenvalue weighted by atomic mass is 28.3. The Morgan fingerprint density at radius 2 is 1.54 bits per heavy atom. The SMILES string of the molecule is C[SiH](C)Oc1c(C(C)(C)C)c2ccccc2n1Cc1ccccc1. The minimum Gasteiger partial charge on any atom is -0.535 e. The lowest BCUT2D eigenvalue weighted by Gasteiger charge is -2.23. The van der Waals surface area contributed by atoms with Gasteiger partial charge in [-0.2, -0.15) is 0 Å². The second-order valence-corrected chi connectivity index (χ2v) is 10.0. The van der Waals surface area contributed by atoms with Crippen LogP contribution in [0.5, 0.6) is 5.88 Å². The minimum atomic E-state index is -1.21. The number of hydrogen-bond donors (Lipinski definition) is 0. The van der Waals surface area contributed by atoms with Crippen LogP contribution in [0, 0.1) is 0 Å². The van der Waals surface area contributed by atoms with Crippen LogP contribution in [0.25, 0.3) is 10.9 Å². The van der Waals surface area contributed by atoms with E-state index in [2.05, 4.69) is 93.0 Å². The fourth-order valence-electron chi connectivity index (χ4n) is 3.27. The molecule has 0 radical (unpaired) electrons. The quantitative estimate of drug-likeness (QED) is 0.585. The second-order valence-electron chi connectivity index (χ2n) is 7.69. The van der Waals surface area contributed by atoms with Crippen molar-refractivity contribution in [1.29, 1.82) is 0 Å². The third-order valence-corrected chi connectivity index (χ3v) is 4.90. The molecule has 2 nitrogen and oxygen atoms in total. The molecule has 3 rings (SSSR count). The molecule has 1 aromatic heterocycles.